The van der Waals surface area contributed by atoms with Crippen LogP contribution < -0.4 is 4.90 Å². The molecule has 0 unspecified atom stereocenters. The Bertz CT molecular complexity index is 657. The van der Waals surface area contributed by atoms with Crippen LogP contribution >= 0.6 is 0 Å². The first kappa shape index (κ1) is 25.1. The zero-order valence-electron chi connectivity index (χ0n) is 18.4. The number of rotatable bonds is 5. The molecule has 0 aromatic heterocycles. The van der Waals surface area contributed by atoms with Crippen LogP contribution in [0.4, 0.5) is 18.9 Å². The Morgan fingerprint density at radius 3 is 2.00 bits per heavy atom. The Kier molecular flexibility index (Phi) is 12.2. The number of hydrogen-bond donors (Lipinski definition) is 0. The van der Waals surface area contributed by atoms with E-state index in [1.165, 1.54) is 37.5 Å². The van der Waals surface area contributed by atoms with Crippen LogP contribution in [0, 0.1) is 24.5 Å². The van der Waals surface area contributed by atoms with Crippen LogP contribution in [0.5, 0.6) is 0 Å². The fraction of sp³-hybridized carbons (Fsp3) is 0.520. The highest BCUT2D eigenvalue weighted by Gasteiger charge is 2.23. The minimum absolute atomic E-state index is 0.156. The SMILES string of the molecule is CC.CCF.Cc1cc(F)c(N2CCC(CCCc3ccccc3)CC2)c(F)c1. The summed E-state index contributed by atoms with van der Waals surface area (Å²) in [6, 6.07) is 13.4. The number of anilines is 1. The molecule has 0 atom stereocenters. The van der Waals surface area contributed by atoms with Gasteiger partial charge < -0.3 is 4.90 Å². The van der Waals surface area contributed by atoms with Crippen molar-refractivity contribution in [3.05, 3.63) is 65.2 Å². The topological polar surface area (TPSA) is 3.24 Å². The molecular formula is C25H36F3N. The lowest BCUT2D eigenvalue weighted by molar-refractivity contribution is 0.369. The monoisotopic (exact) mass is 407 g/mol. The van der Waals surface area contributed by atoms with Crippen molar-refractivity contribution < 1.29 is 13.2 Å². The molecule has 1 heterocycles. The van der Waals surface area contributed by atoms with E-state index in [4.69, 9.17) is 0 Å². The zero-order valence-corrected chi connectivity index (χ0v) is 18.4. The van der Waals surface area contributed by atoms with Crippen LogP contribution in [-0.2, 0) is 6.42 Å². The molecule has 1 saturated heterocycles. The van der Waals surface area contributed by atoms with Crippen molar-refractivity contribution in [2.45, 2.75) is 59.8 Å². The molecule has 1 aliphatic heterocycles. The summed E-state index contributed by atoms with van der Waals surface area (Å²) < 4.78 is 38.5. The van der Waals surface area contributed by atoms with Crippen molar-refractivity contribution in [1.29, 1.82) is 0 Å². The number of benzene rings is 2. The van der Waals surface area contributed by atoms with E-state index in [-0.39, 0.29) is 12.4 Å². The van der Waals surface area contributed by atoms with Crippen molar-refractivity contribution in [2.24, 2.45) is 5.92 Å². The van der Waals surface area contributed by atoms with Gasteiger partial charge >= 0.3 is 0 Å². The lowest BCUT2D eigenvalue weighted by Gasteiger charge is -2.34. The molecule has 0 bridgehead atoms. The third-order valence-corrected chi connectivity index (χ3v) is 5.01. The van der Waals surface area contributed by atoms with Gasteiger partial charge in [-0.15, -0.1) is 0 Å². The van der Waals surface area contributed by atoms with E-state index in [0.29, 0.717) is 11.5 Å². The number of alkyl halides is 1. The summed E-state index contributed by atoms with van der Waals surface area (Å²) in [7, 11) is 0. The van der Waals surface area contributed by atoms with Crippen molar-refractivity contribution in [1.82, 2.24) is 0 Å². The number of piperidine rings is 1. The van der Waals surface area contributed by atoms with Crippen molar-refractivity contribution in [3.8, 4) is 0 Å². The Hall–Kier alpha value is -1.97. The van der Waals surface area contributed by atoms with Crippen LogP contribution in [0.2, 0.25) is 0 Å². The summed E-state index contributed by atoms with van der Waals surface area (Å²) in [5.74, 6) is -0.202. The van der Waals surface area contributed by atoms with E-state index >= 15 is 0 Å². The van der Waals surface area contributed by atoms with Gasteiger partial charge in [-0.25, -0.2) is 8.78 Å². The quantitative estimate of drug-likeness (QED) is 0.495. The molecule has 0 N–H and O–H groups in total. The highest BCUT2D eigenvalue weighted by molar-refractivity contribution is 5.50. The lowest BCUT2D eigenvalue weighted by Crippen LogP contribution is -2.35. The van der Waals surface area contributed by atoms with Crippen LogP contribution in [0.25, 0.3) is 0 Å². The molecule has 3 rings (SSSR count). The maximum absolute atomic E-state index is 14.1. The van der Waals surface area contributed by atoms with E-state index in [1.54, 1.807) is 6.92 Å². The fourth-order valence-corrected chi connectivity index (χ4v) is 3.68. The third-order valence-electron chi connectivity index (χ3n) is 5.01. The highest BCUT2D eigenvalue weighted by Crippen LogP contribution is 2.30. The van der Waals surface area contributed by atoms with Gasteiger partial charge in [-0.3, -0.25) is 4.39 Å². The van der Waals surface area contributed by atoms with Crippen LogP contribution in [-0.4, -0.2) is 19.8 Å². The van der Waals surface area contributed by atoms with Gasteiger partial charge in [0.15, 0.2) is 0 Å². The van der Waals surface area contributed by atoms with Gasteiger partial charge in [0.1, 0.15) is 17.3 Å². The van der Waals surface area contributed by atoms with E-state index in [1.807, 2.05) is 24.8 Å². The van der Waals surface area contributed by atoms with E-state index in [2.05, 4.69) is 24.3 Å². The largest absolute Gasteiger partial charge is 0.367 e. The summed E-state index contributed by atoms with van der Waals surface area (Å²) in [6.07, 6.45) is 5.52. The summed E-state index contributed by atoms with van der Waals surface area (Å²) in [6.45, 7) is 8.41. The predicted molar refractivity (Wildman–Crippen MR) is 118 cm³/mol. The molecule has 2 aromatic carbocycles. The average Bonchev–Trinajstić information content (AvgIpc) is 2.71. The Labute approximate surface area is 174 Å². The summed E-state index contributed by atoms with van der Waals surface area (Å²) in [4.78, 5) is 1.87. The molecule has 4 heteroatoms. The van der Waals surface area contributed by atoms with Crippen molar-refractivity contribution >= 4 is 5.69 Å². The molecule has 162 valence electrons. The van der Waals surface area contributed by atoms with Gasteiger partial charge in [0.25, 0.3) is 0 Å². The van der Waals surface area contributed by atoms with Gasteiger partial charge in [0.2, 0.25) is 0 Å². The Morgan fingerprint density at radius 2 is 1.48 bits per heavy atom. The second-order valence-corrected chi connectivity index (χ2v) is 7.15. The number of hydrogen-bond acceptors (Lipinski definition) is 1. The lowest BCUT2D eigenvalue weighted by atomic mass is 9.90. The van der Waals surface area contributed by atoms with Gasteiger partial charge in [0.05, 0.1) is 6.67 Å². The molecule has 0 saturated carbocycles. The second-order valence-electron chi connectivity index (χ2n) is 7.15. The Morgan fingerprint density at radius 1 is 0.966 bits per heavy atom. The molecule has 2 aromatic rings. The van der Waals surface area contributed by atoms with E-state index in [9.17, 15) is 13.2 Å². The van der Waals surface area contributed by atoms with Gasteiger partial charge in [0, 0.05) is 13.1 Å². The van der Waals surface area contributed by atoms with Gasteiger partial charge in [-0.1, -0.05) is 44.2 Å². The predicted octanol–water partition coefficient (Wildman–Crippen LogP) is 7.51. The van der Waals surface area contributed by atoms with Gasteiger partial charge in [-0.2, -0.15) is 0 Å². The maximum atomic E-state index is 14.1. The molecule has 29 heavy (non-hydrogen) atoms. The van der Waals surface area contributed by atoms with Crippen molar-refractivity contribution in [2.75, 3.05) is 24.7 Å². The van der Waals surface area contributed by atoms with Crippen LogP contribution in [0.3, 0.4) is 0 Å². The first-order valence-electron chi connectivity index (χ1n) is 10.9. The number of halogens is 3. The zero-order chi connectivity index (χ0) is 21.6. The van der Waals surface area contributed by atoms with Crippen LogP contribution in [0.15, 0.2) is 42.5 Å². The average molecular weight is 408 g/mol. The minimum atomic E-state index is -0.435. The fourth-order valence-electron chi connectivity index (χ4n) is 3.68. The molecule has 0 radical (unpaired) electrons. The molecule has 1 fully saturated rings. The molecule has 0 spiro atoms. The summed E-state index contributed by atoms with van der Waals surface area (Å²) in [5, 5.41) is 0. The maximum Gasteiger partial charge on any atom is 0.149 e. The molecule has 1 nitrogen and oxygen atoms in total. The summed E-state index contributed by atoms with van der Waals surface area (Å²) in [5.41, 5.74) is 2.17. The highest BCUT2D eigenvalue weighted by atomic mass is 19.1. The first-order chi connectivity index (χ1) is 14.0. The molecular weight excluding hydrogens is 371 g/mol. The second kappa shape index (κ2) is 14.1. The van der Waals surface area contributed by atoms with E-state index in [0.717, 1.165) is 32.4 Å². The summed E-state index contributed by atoms with van der Waals surface area (Å²) >= 11 is 0. The third kappa shape index (κ3) is 8.51. The molecule has 0 aliphatic carbocycles. The molecule has 0 amide bonds. The standard InChI is InChI=1S/C21H25F2N.C2H5F.C2H6/c1-16-14-19(22)21(20(23)15-16)24-12-10-18(11-13-24)9-5-8-17-6-3-2-4-7-17;1-2-3;1-2/h2-4,6-7,14-15,18H,5,8-13H2,1H3;2H2,1H3;1-2H3. The van der Waals surface area contributed by atoms with Crippen LogP contribution in [0.1, 0.15) is 57.6 Å². The number of nitrogens with zero attached hydrogens (tertiary/aromatic N) is 1. The van der Waals surface area contributed by atoms with Gasteiger partial charge in [-0.05, 0) is 75.1 Å². The molecule has 1 aliphatic rings. The Balaban J connectivity index is 0.000000771. The number of aryl methyl sites for hydroxylation is 2. The minimum Gasteiger partial charge on any atom is -0.367 e. The van der Waals surface area contributed by atoms with Crippen molar-refractivity contribution in [3.63, 3.8) is 0 Å². The smallest absolute Gasteiger partial charge is 0.149 e. The normalized spacial score (nSPS) is 13.8. The van der Waals surface area contributed by atoms with E-state index < -0.39 is 11.6 Å². The first-order valence-corrected chi connectivity index (χ1v) is 10.9.